The molecule has 0 bridgehead atoms. The molecule has 0 aromatic carbocycles. The Balaban J connectivity index is -0.00000000500. The third-order valence-corrected chi connectivity index (χ3v) is 0. The van der Waals surface area contributed by atoms with E-state index >= 15 is 0 Å². The van der Waals surface area contributed by atoms with Gasteiger partial charge in [-0.3, -0.25) is 10.5 Å². The van der Waals surface area contributed by atoms with Crippen molar-refractivity contribution in [1.29, 1.82) is 0 Å². The van der Waals surface area contributed by atoms with Gasteiger partial charge in [-0.1, -0.05) is 0 Å². The van der Waals surface area contributed by atoms with E-state index in [9.17, 15) is 0 Å². The fourth-order valence-electron chi connectivity index (χ4n) is 0. The highest BCUT2D eigenvalue weighted by Gasteiger charge is 0.745. The van der Waals surface area contributed by atoms with Crippen LogP contribution in [0.3, 0.4) is 0 Å². The number of rotatable bonds is 0. The predicted octanol–water partition coefficient (Wildman–Crippen LogP) is 0.861. The molecule has 0 heterocycles. The maximum Gasteiger partial charge on any atom is -0.147 e. The lowest BCUT2D eigenvalue weighted by Crippen LogP contribution is -1.29. The van der Waals surface area contributed by atoms with Crippen LogP contribution in [0.25, 0.3) is 0 Å². The lowest BCUT2D eigenvalue weighted by molar-refractivity contribution is -0.176. The summed E-state index contributed by atoms with van der Waals surface area (Å²) in [5.74, 6) is 0. The zero-order valence-corrected chi connectivity index (χ0v) is 3.34. The van der Waals surface area contributed by atoms with Crippen LogP contribution in [-0.4, -0.2) is 10.5 Å². The Labute approximate surface area is 36.2 Å². The molecule has 0 aliphatic carbocycles. The van der Waals surface area contributed by atoms with Crippen molar-refractivity contribution >= 4 is 24.8 Å². The molecule has 0 radical (unpaired) electrons. The lowest BCUT2D eigenvalue weighted by Gasteiger charge is -1.25. The summed E-state index contributed by atoms with van der Waals surface area (Å²) in [6, 6.07) is 0. The van der Waals surface area contributed by atoms with Crippen LogP contribution in [-0.2, 0) is 0 Å². The van der Waals surface area contributed by atoms with E-state index in [1.807, 2.05) is 0 Å². The molecule has 2 N–H and O–H groups in total. The molecule has 0 aliphatic rings. The summed E-state index contributed by atoms with van der Waals surface area (Å²) in [4.78, 5) is 0. The first kappa shape index (κ1) is 24.5. The first-order valence-corrected chi connectivity index (χ1v) is 0.200. The second kappa shape index (κ2) is 87.5. The number of hydrogen-bond donors (Lipinski definition) is 2. The highest BCUT2D eigenvalue weighted by molar-refractivity contribution is 5.85. The summed E-state index contributed by atoms with van der Waals surface area (Å²) in [5.41, 5.74) is 0. The Bertz CT molecular complexity index is 4.00. The average molecular weight is 107 g/mol. The van der Waals surface area contributed by atoms with Gasteiger partial charge >= 0.3 is 0 Å². The first-order chi connectivity index (χ1) is 1.00. The standard InChI is InChI=1S/2ClH.H2O2/c;;1-2/h2*1H;1-2H. The van der Waals surface area contributed by atoms with Crippen LogP contribution in [0.5, 0.6) is 0 Å². The van der Waals surface area contributed by atoms with Crippen LogP contribution in [0.1, 0.15) is 0 Å². The molecule has 0 amide bonds. The van der Waals surface area contributed by atoms with Gasteiger partial charge in [-0.2, -0.15) is 0 Å². The van der Waals surface area contributed by atoms with Gasteiger partial charge in [0.25, 0.3) is 0 Å². The van der Waals surface area contributed by atoms with E-state index in [-0.39, 0.29) is 24.8 Å². The van der Waals surface area contributed by atoms with Gasteiger partial charge in [-0.25, -0.2) is 0 Å². The Kier molecular flexibility index (Phi) is 536. The molecule has 0 saturated carbocycles. The zero-order chi connectivity index (χ0) is 2.00. The fourth-order valence-corrected chi connectivity index (χ4v) is 0. The summed E-state index contributed by atoms with van der Waals surface area (Å²) in [7, 11) is 0. The minimum absolute atomic E-state index is 0. The Morgan fingerprint density at radius 3 is 0.750 bits per heavy atom. The minimum atomic E-state index is 0. The number of hydrogen-bond acceptors (Lipinski definition) is 2. The lowest BCUT2D eigenvalue weighted by atomic mass is 15.0. The van der Waals surface area contributed by atoms with Crippen molar-refractivity contribution < 1.29 is 10.5 Å². The van der Waals surface area contributed by atoms with Gasteiger partial charge < -0.3 is 0 Å². The van der Waals surface area contributed by atoms with Gasteiger partial charge in [0, 0.05) is 0 Å². The monoisotopic (exact) mass is 106 g/mol. The average Bonchev–Trinajstić information content (AvgIpc) is 1.00. The van der Waals surface area contributed by atoms with Crippen molar-refractivity contribution in [2.45, 2.75) is 0 Å². The van der Waals surface area contributed by atoms with Gasteiger partial charge in [-0.05, 0) is 0 Å². The molecule has 0 atom stereocenters. The summed E-state index contributed by atoms with van der Waals surface area (Å²) in [6.07, 6.45) is 0. The van der Waals surface area contributed by atoms with Crippen molar-refractivity contribution in [1.82, 2.24) is 0 Å². The van der Waals surface area contributed by atoms with Crippen LogP contribution < -0.4 is 0 Å². The molecule has 4 heteroatoms. The second-order valence-corrected chi connectivity index (χ2v) is 0. The Morgan fingerprint density at radius 1 is 0.750 bits per heavy atom. The molecular formula is H4Cl2O2. The van der Waals surface area contributed by atoms with E-state index < -0.39 is 0 Å². The minimum Gasteiger partial charge on any atom is -0.255 e. The van der Waals surface area contributed by atoms with Crippen molar-refractivity contribution in [3.63, 3.8) is 0 Å². The highest BCUT2D eigenvalue weighted by atomic mass is 35.5. The summed E-state index contributed by atoms with van der Waals surface area (Å²) < 4.78 is 0. The van der Waals surface area contributed by atoms with Crippen LogP contribution in [0, 0.1) is 0 Å². The van der Waals surface area contributed by atoms with Crippen LogP contribution in [0.4, 0.5) is 0 Å². The van der Waals surface area contributed by atoms with Crippen LogP contribution >= 0.6 is 24.8 Å². The molecule has 0 aromatic rings. The summed E-state index contributed by atoms with van der Waals surface area (Å²) in [5, 5.41) is 12.0. The first-order valence-electron chi connectivity index (χ1n) is 0.200. The largest absolute Gasteiger partial charge is 0.255 e. The van der Waals surface area contributed by atoms with Crippen molar-refractivity contribution in [2.24, 2.45) is 0 Å². The van der Waals surface area contributed by atoms with Gasteiger partial charge in [-0.15, -0.1) is 24.8 Å². The van der Waals surface area contributed by atoms with Crippen LogP contribution in [0.2, 0.25) is 0 Å². The normalized spacial score (nSPS) is 1.50. The molecule has 2 nitrogen and oxygen atoms in total. The molecule has 0 rings (SSSR count). The summed E-state index contributed by atoms with van der Waals surface area (Å²) >= 11 is 0. The predicted molar refractivity (Wildman–Crippen MR) is 19.8 cm³/mol. The molecule has 4 heavy (non-hydrogen) atoms. The van der Waals surface area contributed by atoms with Gasteiger partial charge in [0.05, 0.1) is 0 Å². The molecule has 0 aromatic heterocycles. The van der Waals surface area contributed by atoms with E-state index in [0.29, 0.717) is 0 Å². The topological polar surface area (TPSA) is 40.5 Å². The van der Waals surface area contributed by atoms with Crippen molar-refractivity contribution in [3.8, 4) is 0 Å². The van der Waals surface area contributed by atoms with E-state index in [0.717, 1.165) is 0 Å². The van der Waals surface area contributed by atoms with Gasteiger partial charge in [0.1, 0.15) is 0 Å². The third-order valence-electron chi connectivity index (χ3n) is 0. The Morgan fingerprint density at radius 2 is 0.750 bits per heavy atom. The van der Waals surface area contributed by atoms with E-state index in [1.165, 1.54) is 0 Å². The van der Waals surface area contributed by atoms with Crippen molar-refractivity contribution in [2.75, 3.05) is 0 Å². The quantitative estimate of drug-likeness (QED) is 0.356. The smallest absolute Gasteiger partial charge is 0.147 e. The number of halogens is 2. The molecular weight excluding hydrogens is 103 g/mol. The fraction of sp³-hybridized carbons (Fsp3) is 0. The third kappa shape index (κ3) is 22.5. The molecule has 0 spiro atoms. The zero-order valence-electron chi connectivity index (χ0n) is 1.71. The van der Waals surface area contributed by atoms with E-state index in [4.69, 9.17) is 10.5 Å². The maximum atomic E-state index is 6.00. The SMILES string of the molecule is Cl.Cl.OO. The van der Waals surface area contributed by atoms with Crippen molar-refractivity contribution in [3.05, 3.63) is 0 Å². The molecule has 0 fully saturated rings. The Hall–Kier alpha value is 0.500. The molecule has 30 valence electrons. The molecule has 0 unspecified atom stereocenters. The molecule has 0 aliphatic heterocycles. The molecule has 0 saturated heterocycles. The van der Waals surface area contributed by atoms with Gasteiger partial charge in [0.15, 0.2) is 0 Å². The summed E-state index contributed by atoms with van der Waals surface area (Å²) in [6.45, 7) is 0. The van der Waals surface area contributed by atoms with Crippen LogP contribution in [0.15, 0.2) is 0 Å². The highest BCUT2D eigenvalue weighted by Crippen LogP contribution is 0.711. The maximum absolute atomic E-state index is 6.00. The van der Waals surface area contributed by atoms with E-state index in [1.54, 1.807) is 0 Å². The second-order valence-electron chi connectivity index (χ2n) is 0. The van der Waals surface area contributed by atoms with E-state index in [2.05, 4.69) is 0 Å². The van der Waals surface area contributed by atoms with Gasteiger partial charge in [0.2, 0.25) is 0 Å².